The monoisotopic (exact) mass is 336 g/mol. The first-order chi connectivity index (χ1) is 10.9. The summed E-state index contributed by atoms with van der Waals surface area (Å²) in [5.41, 5.74) is 9.88. The van der Waals surface area contributed by atoms with Crippen LogP contribution >= 0.6 is 11.9 Å². The molecular formula is C15H20N4O3S. The number of nitrogen functional groups attached to an aromatic ring is 1. The molecule has 3 N–H and O–H groups in total. The van der Waals surface area contributed by atoms with Gasteiger partial charge in [0.2, 0.25) is 5.78 Å². The molecule has 7 nitrogen and oxygen atoms in total. The number of hydrogen-bond acceptors (Lipinski definition) is 7. The van der Waals surface area contributed by atoms with E-state index in [9.17, 15) is 14.9 Å². The molecule has 0 saturated carbocycles. The lowest BCUT2D eigenvalue weighted by molar-refractivity contribution is -0.383. The molecule has 0 atom stereocenters. The molecule has 124 valence electrons. The average molecular weight is 336 g/mol. The van der Waals surface area contributed by atoms with E-state index in [1.165, 1.54) is 30.1 Å². The molecule has 0 spiro atoms. The van der Waals surface area contributed by atoms with Gasteiger partial charge in [-0.15, -0.1) is 0 Å². The number of nitrogens with one attached hydrogen (secondary N) is 1. The van der Waals surface area contributed by atoms with Crippen molar-refractivity contribution in [1.82, 2.24) is 9.84 Å². The third-order valence-electron chi connectivity index (χ3n) is 3.48. The average Bonchev–Trinajstić information content (AvgIpc) is 2.88. The van der Waals surface area contributed by atoms with Gasteiger partial charge in [0.15, 0.2) is 0 Å². The van der Waals surface area contributed by atoms with E-state index in [2.05, 4.69) is 12.3 Å². The highest BCUT2D eigenvalue weighted by Gasteiger charge is 2.27. The van der Waals surface area contributed by atoms with Crippen molar-refractivity contribution in [2.24, 2.45) is 0 Å². The van der Waals surface area contributed by atoms with Crippen LogP contribution in [0.3, 0.4) is 0 Å². The van der Waals surface area contributed by atoms with E-state index in [1.54, 1.807) is 0 Å². The van der Waals surface area contributed by atoms with Crippen molar-refractivity contribution in [3.05, 3.63) is 44.4 Å². The molecule has 1 aromatic rings. The zero-order valence-corrected chi connectivity index (χ0v) is 14.0. The minimum atomic E-state index is -0.576. The number of unbranched alkanes of at least 4 members (excludes halogenated alkanes) is 1. The largest absolute Gasteiger partial charge is 0.393 e. The molecule has 0 saturated heterocycles. The molecule has 0 aromatic heterocycles. The van der Waals surface area contributed by atoms with Crippen LogP contribution in [0.25, 0.3) is 0 Å². The summed E-state index contributed by atoms with van der Waals surface area (Å²) in [4.78, 5) is 23.6. The van der Waals surface area contributed by atoms with Crippen LogP contribution in [0.5, 0.6) is 0 Å². The smallest absolute Gasteiger partial charge is 0.292 e. The second kappa shape index (κ2) is 7.58. The SMILES string of the molecule is CCCCNN1CC(C)=C(C(=O)c2ccc(N)c([N+](=O)[O-])c2)S1. The maximum Gasteiger partial charge on any atom is 0.292 e. The van der Waals surface area contributed by atoms with Crippen LogP contribution in [-0.2, 0) is 0 Å². The molecule has 0 fully saturated rings. The lowest BCUT2D eigenvalue weighted by Gasteiger charge is -2.15. The van der Waals surface area contributed by atoms with E-state index in [0.717, 1.165) is 25.0 Å². The maximum atomic E-state index is 12.6. The Morgan fingerprint density at radius 1 is 1.52 bits per heavy atom. The lowest BCUT2D eigenvalue weighted by atomic mass is 10.1. The van der Waals surface area contributed by atoms with Crippen molar-refractivity contribution in [3.63, 3.8) is 0 Å². The molecule has 8 heteroatoms. The van der Waals surface area contributed by atoms with Crippen LogP contribution in [0.15, 0.2) is 28.7 Å². The van der Waals surface area contributed by atoms with E-state index in [4.69, 9.17) is 5.73 Å². The van der Waals surface area contributed by atoms with Crippen LogP contribution in [0.1, 0.15) is 37.0 Å². The van der Waals surface area contributed by atoms with Gasteiger partial charge in [0.05, 0.1) is 9.83 Å². The topological polar surface area (TPSA) is 102 Å². The molecule has 1 aliphatic rings. The van der Waals surface area contributed by atoms with Crippen molar-refractivity contribution in [3.8, 4) is 0 Å². The predicted octanol–water partition coefficient (Wildman–Crippen LogP) is 2.90. The number of benzene rings is 1. The van der Waals surface area contributed by atoms with Crippen molar-refractivity contribution < 1.29 is 9.72 Å². The zero-order chi connectivity index (χ0) is 17.0. The van der Waals surface area contributed by atoms with E-state index >= 15 is 0 Å². The van der Waals surface area contributed by atoms with Gasteiger partial charge in [-0.2, -0.15) is 4.41 Å². The number of Topliss-reactive ketones (excluding diaryl/α,β-unsaturated/α-hetero) is 1. The summed E-state index contributed by atoms with van der Waals surface area (Å²) in [5.74, 6) is -0.213. The maximum absolute atomic E-state index is 12.6. The van der Waals surface area contributed by atoms with Crippen molar-refractivity contribution in [1.29, 1.82) is 0 Å². The second-order valence-electron chi connectivity index (χ2n) is 5.36. The number of ketones is 1. The van der Waals surface area contributed by atoms with Crippen molar-refractivity contribution in [2.45, 2.75) is 26.7 Å². The van der Waals surface area contributed by atoms with Crippen molar-refractivity contribution in [2.75, 3.05) is 18.8 Å². The number of carbonyl (C=O) groups is 1. The number of nitro groups is 1. The first-order valence-corrected chi connectivity index (χ1v) is 8.18. The van der Waals surface area contributed by atoms with E-state index < -0.39 is 4.92 Å². The minimum Gasteiger partial charge on any atom is -0.393 e. The molecule has 0 amide bonds. The fourth-order valence-corrected chi connectivity index (χ4v) is 3.24. The summed E-state index contributed by atoms with van der Waals surface area (Å²) < 4.78 is 1.92. The highest BCUT2D eigenvalue weighted by molar-refractivity contribution is 8.02. The normalized spacial score (nSPS) is 15.2. The van der Waals surface area contributed by atoms with E-state index in [0.29, 0.717) is 11.4 Å². The number of anilines is 1. The highest BCUT2D eigenvalue weighted by atomic mass is 32.2. The van der Waals surface area contributed by atoms with Crippen LogP contribution in [0.4, 0.5) is 11.4 Å². The van der Waals surface area contributed by atoms with Gasteiger partial charge in [-0.1, -0.05) is 13.3 Å². The number of nitrogens with zero attached hydrogens (tertiary/aromatic N) is 2. The minimum absolute atomic E-state index is 0.0548. The van der Waals surface area contributed by atoms with Crippen LogP contribution in [0.2, 0.25) is 0 Å². The van der Waals surface area contributed by atoms with Gasteiger partial charge in [-0.3, -0.25) is 14.9 Å². The molecule has 0 radical (unpaired) electrons. The third-order valence-corrected chi connectivity index (χ3v) is 4.68. The van der Waals surface area contributed by atoms with Gasteiger partial charge in [0, 0.05) is 24.7 Å². The summed E-state index contributed by atoms with van der Waals surface area (Å²) in [5, 5.41) is 11.0. The molecule has 2 rings (SSSR count). The van der Waals surface area contributed by atoms with Crippen LogP contribution in [-0.4, -0.2) is 28.2 Å². The molecule has 0 aliphatic carbocycles. The Morgan fingerprint density at radius 2 is 2.26 bits per heavy atom. The number of hydrogen-bond donors (Lipinski definition) is 2. The Kier molecular flexibility index (Phi) is 5.75. The summed E-state index contributed by atoms with van der Waals surface area (Å²) in [6, 6.07) is 4.17. The van der Waals surface area contributed by atoms with Gasteiger partial charge in [0.1, 0.15) is 5.69 Å². The number of rotatable bonds is 7. The van der Waals surface area contributed by atoms with Gasteiger partial charge >= 0.3 is 0 Å². The molecule has 0 bridgehead atoms. The van der Waals surface area contributed by atoms with Crippen LogP contribution < -0.4 is 11.2 Å². The summed E-state index contributed by atoms with van der Waals surface area (Å²) >= 11 is 1.34. The van der Waals surface area contributed by atoms with Gasteiger partial charge in [0.25, 0.3) is 5.69 Å². The Bertz CT molecular complexity index is 660. The standard InChI is InChI=1S/C15H20N4O3S/c1-3-4-7-17-18-9-10(2)15(23-18)14(20)11-5-6-12(16)13(8-11)19(21)22/h5-6,8,17H,3-4,7,9,16H2,1-2H3. The molecule has 23 heavy (non-hydrogen) atoms. The van der Waals surface area contributed by atoms with Gasteiger partial charge in [-0.25, -0.2) is 5.43 Å². The Labute approximate surface area is 139 Å². The number of carbonyl (C=O) groups excluding carboxylic acids is 1. The quantitative estimate of drug-likeness (QED) is 0.197. The number of allylic oxidation sites excluding steroid dienone is 1. The summed E-state index contributed by atoms with van der Waals surface area (Å²) in [7, 11) is 0. The molecular weight excluding hydrogens is 316 g/mol. The molecule has 1 aromatic carbocycles. The lowest BCUT2D eigenvalue weighted by Crippen LogP contribution is -2.31. The zero-order valence-electron chi connectivity index (χ0n) is 13.2. The van der Waals surface area contributed by atoms with E-state index in [1.807, 2.05) is 11.3 Å². The summed E-state index contributed by atoms with van der Waals surface area (Å²) in [6.45, 7) is 5.51. The third kappa shape index (κ3) is 4.10. The second-order valence-corrected chi connectivity index (χ2v) is 6.39. The highest BCUT2D eigenvalue weighted by Crippen LogP contribution is 2.34. The molecule has 0 unspecified atom stereocenters. The number of nitro benzene ring substituents is 1. The first-order valence-electron chi connectivity index (χ1n) is 7.41. The van der Waals surface area contributed by atoms with E-state index in [-0.39, 0.29) is 22.7 Å². The fourth-order valence-electron chi connectivity index (χ4n) is 2.19. The van der Waals surface area contributed by atoms with Gasteiger partial charge < -0.3 is 5.73 Å². The molecule has 1 heterocycles. The van der Waals surface area contributed by atoms with Gasteiger partial charge in [-0.05, 0) is 43.0 Å². The predicted molar refractivity (Wildman–Crippen MR) is 91.7 cm³/mol. The Hall–Kier alpha value is -1.90. The summed E-state index contributed by atoms with van der Waals surface area (Å²) in [6.07, 6.45) is 2.16. The Morgan fingerprint density at radius 3 is 2.91 bits per heavy atom. The van der Waals surface area contributed by atoms with Crippen molar-refractivity contribution >= 4 is 29.1 Å². The number of nitrogens with two attached hydrogens (primary N) is 1. The number of hydrazine groups is 1. The molecule has 1 aliphatic heterocycles. The first kappa shape index (κ1) is 17.5. The fraction of sp³-hybridized carbons (Fsp3) is 0.400. The van der Waals surface area contributed by atoms with Crippen LogP contribution in [0, 0.1) is 10.1 Å². The Balaban J connectivity index is 2.13.